The first-order chi connectivity index (χ1) is 4.72. The van der Waals surface area contributed by atoms with E-state index < -0.39 is 0 Å². The van der Waals surface area contributed by atoms with Crippen molar-refractivity contribution in [2.75, 3.05) is 14.2 Å². The van der Waals surface area contributed by atoms with Gasteiger partial charge >= 0.3 is 0 Å². The number of hydrogen-bond acceptors (Lipinski definition) is 4. The van der Waals surface area contributed by atoms with Gasteiger partial charge in [0.1, 0.15) is 4.58 Å². The van der Waals surface area contributed by atoms with E-state index >= 15 is 0 Å². The van der Waals surface area contributed by atoms with Crippen LogP contribution in [-0.2, 0) is 8.37 Å². The Morgan fingerprint density at radius 1 is 1.00 bits per heavy atom. The van der Waals surface area contributed by atoms with Crippen molar-refractivity contribution in [3.8, 4) is 0 Å². The minimum absolute atomic E-state index is 0.370. The monoisotopic (exact) mass is 182 g/mol. The zero-order valence-corrected chi connectivity index (χ0v) is 8.42. The third-order valence-corrected chi connectivity index (χ3v) is 3.25. The molecule has 0 saturated heterocycles. The van der Waals surface area contributed by atoms with Crippen LogP contribution in [0.25, 0.3) is 0 Å². The van der Waals surface area contributed by atoms with Gasteiger partial charge in [0.25, 0.3) is 0 Å². The average molecular weight is 182 g/mol. The summed E-state index contributed by atoms with van der Waals surface area (Å²) in [4.78, 5) is 0. The highest BCUT2D eigenvalue weighted by molar-refractivity contribution is 8.12. The largest absolute Gasteiger partial charge is 0.317 e. The molecule has 10 heavy (non-hydrogen) atoms. The normalized spacial score (nSPS) is 11.4. The zero-order valence-electron chi connectivity index (χ0n) is 6.79. The Balaban J connectivity index is 3.50. The molecule has 0 aromatic rings. The third kappa shape index (κ3) is 4.44. The van der Waals surface area contributed by atoms with E-state index in [1.165, 1.54) is 24.1 Å². The summed E-state index contributed by atoms with van der Waals surface area (Å²) in [7, 11) is 3.35. The Bertz CT molecular complexity index is 72.1. The van der Waals surface area contributed by atoms with Gasteiger partial charge < -0.3 is 8.37 Å². The highest BCUT2D eigenvalue weighted by Crippen LogP contribution is 2.30. The van der Waals surface area contributed by atoms with E-state index in [1.807, 2.05) is 0 Å². The van der Waals surface area contributed by atoms with Crippen LogP contribution in [0, 0.1) is 5.92 Å². The first kappa shape index (κ1) is 10.6. The zero-order chi connectivity index (χ0) is 7.98. The van der Waals surface area contributed by atoms with Crippen LogP contribution in [0.15, 0.2) is 0 Å². The smallest absolute Gasteiger partial charge is 0.105 e. The summed E-state index contributed by atoms with van der Waals surface area (Å²) in [6, 6.07) is 0. The molecule has 0 aromatic heterocycles. The fraction of sp³-hybridized carbons (Fsp3) is 1.00. The summed E-state index contributed by atoms with van der Waals surface area (Å²) < 4.78 is 10.2. The van der Waals surface area contributed by atoms with Crippen LogP contribution in [0.4, 0.5) is 0 Å². The van der Waals surface area contributed by atoms with E-state index in [0.29, 0.717) is 10.5 Å². The van der Waals surface area contributed by atoms with Gasteiger partial charge in [-0.2, -0.15) is 0 Å². The van der Waals surface area contributed by atoms with Gasteiger partial charge in [-0.15, -0.1) is 0 Å². The van der Waals surface area contributed by atoms with Crippen LogP contribution >= 0.6 is 24.1 Å². The Kier molecular flexibility index (Phi) is 6.73. The quantitative estimate of drug-likeness (QED) is 0.480. The van der Waals surface area contributed by atoms with E-state index in [1.54, 1.807) is 14.2 Å². The molecular formula is C6H14O2S2. The lowest BCUT2D eigenvalue weighted by atomic mass is 10.3. The molecule has 0 unspecified atom stereocenters. The average Bonchev–Trinajstić information content (AvgIpc) is 1.87. The molecule has 0 aliphatic heterocycles. The minimum Gasteiger partial charge on any atom is -0.317 e. The van der Waals surface area contributed by atoms with Gasteiger partial charge in [0.2, 0.25) is 0 Å². The molecule has 0 aliphatic rings. The van der Waals surface area contributed by atoms with Gasteiger partial charge in [-0.05, 0) is 5.92 Å². The van der Waals surface area contributed by atoms with Gasteiger partial charge in [0.05, 0.1) is 14.2 Å². The van der Waals surface area contributed by atoms with E-state index in [2.05, 4.69) is 13.8 Å². The van der Waals surface area contributed by atoms with Crippen molar-refractivity contribution in [3.05, 3.63) is 0 Å². The molecule has 0 amide bonds. The summed E-state index contributed by atoms with van der Waals surface area (Å²) in [5.74, 6) is 0.565. The van der Waals surface area contributed by atoms with E-state index in [9.17, 15) is 0 Å². The summed E-state index contributed by atoms with van der Waals surface area (Å²) in [5, 5.41) is 0. The maximum Gasteiger partial charge on any atom is 0.105 e. The van der Waals surface area contributed by atoms with Crippen LogP contribution in [0.2, 0.25) is 0 Å². The third-order valence-electron chi connectivity index (χ3n) is 0.926. The lowest BCUT2D eigenvalue weighted by Crippen LogP contribution is -2.06. The topological polar surface area (TPSA) is 18.5 Å². The van der Waals surface area contributed by atoms with Gasteiger partial charge in [0.15, 0.2) is 0 Å². The molecule has 0 atom stereocenters. The Labute approximate surface area is 71.5 Å². The van der Waals surface area contributed by atoms with Crippen molar-refractivity contribution in [1.82, 2.24) is 0 Å². The molecule has 0 aromatic carbocycles. The SMILES string of the molecule is COSC(SOC)C(C)C. The van der Waals surface area contributed by atoms with Crippen molar-refractivity contribution >= 4 is 24.1 Å². The molecule has 0 fully saturated rings. The molecule has 2 nitrogen and oxygen atoms in total. The van der Waals surface area contributed by atoms with Crippen LogP contribution in [0.5, 0.6) is 0 Å². The molecule has 0 aliphatic carbocycles. The molecule has 4 heteroatoms. The fourth-order valence-electron chi connectivity index (χ4n) is 0.428. The molecule has 0 bridgehead atoms. The second-order valence-corrected chi connectivity index (χ2v) is 4.50. The van der Waals surface area contributed by atoms with Crippen LogP contribution in [-0.4, -0.2) is 18.8 Å². The molecule has 0 heterocycles. The summed E-state index contributed by atoms with van der Waals surface area (Å²) in [5.41, 5.74) is 0. The minimum atomic E-state index is 0.370. The van der Waals surface area contributed by atoms with Crippen molar-refractivity contribution < 1.29 is 8.37 Å². The maximum atomic E-state index is 4.93. The maximum absolute atomic E-state index is 4.93. The van der Waals surface area contributed by atoms with Crippen LogP contribution in [0.3, 0.4) is 0 Å². The summed E-state index contributed by atoms with van der Waals surface area (Å²) in [6.07, 6.45) is 0. The molecule has 0 radical (unpaired) electrons. The lowest BCUT2D eigenvalue weighted by molar-refractivity contribution is 0.467. The number of rotatable bonds is 5. The molecule has 0 saturated carbocycles. The highest BCUT2D eigenvalue weighted by atomic mass is 32.2. The fourth-order valence-corrected chi connectivity index (χ4v) is 1.85. The predicted molar refractivity (Wildman–Crippen MR) is 47.8 cm³/mol. The van der Waals surface area contributed by atoms with Crippen molar-refractivity contribution in [2.45, 2.75) is 18.4 Å². The van der Waals surface area contributed by atoms with Gasteiger partial charge in [-0.1, -0.05) is 13.8 Å². The molecule has 0 N–H and O–H groups in total. The van der Waals surface area contributed by atoms with Crippen molar-refractivity contribution in [3.63, 3.8) is 0 Å². The first-order valence-corrected chi connectivity index (χ1v) is 4.72. The predicted octanol–water partition coefficient (Wildman–Crippen LogP) is 2.56. The van der Waals surface area contributed by atoms with Crippen molar-refractivity contribution in [2.24, 2.45) is 5.92 Å². The van der Waals surface area contributed by atoms with E-state index in [-0.39, 0.29) is 0 Å². The van der Waals surface area contributed by atoms with Crippen molar-refractivity contribution in [1.29, 1.82) is 0 Å². The molecule has 0 rings (SSSR count). The Hall–Kier alpha value is 0.620. The van der Waals surface area contributed by atoms with Gasteiger partial charge in [0, 0.05) is 24.1 Å². The van der Waals surface area contributed by atoms with Crippen LogP contribution < -0.4 is 0 Å². The Morgan fingerprint density at radius 3 is 1.60 bits per heavy atom. The second kappa shape index (κ2) is 6.34. The lowest BCUT2D eigenvalue weighted by Gasteiger charge is -2.15. The van der Waals surface area contributed by atoms with E-state index in [0.717, 1.165) is 0 Å². The van der Waals surface area contributed by atoms with Gasteiger partial charge in [-0.25, -0.2) is 0 Å². The van der Waals surface area contributed by atoms with Gasteiger partial charge in [-0.3, -0.25) is 0 Å². The first-order valence-electron chi connectivity index (χ1n) is 3.11. The van der Waals surface area contributed by atoms with Crippen LogP contribution in [0.1, 0.15) is 13.8 Å². The standard InChI is InChI=1S/C6H14O2S2/c1-5(2)6(9-7-3)10-8-4/h5-6H,1-4H3. The summed E-state index contributed by atoms with van der Waals surface area (Å²) >= 11 is 2.89. The summed E-state index contributed by atoms with van der Waals surface area (Å²) in [6.45, 7) is 4.28. The highest BCUT2D eigenvalue weighted by Gasteiger charge is 2.14. The Morgan fingerprint density at radius 2 is 1.40 bits per heavy atom. The number of hydrogen-bond donors (Lipinski definition) is 0. The second-order valence-electron chi connectivity index (χ2n) is 2.14. The molecule has 0 spiro atoms. The van der Waals surface area contributed by atoms with E-state index in [4.69, 9.17) is 8.37 Å². The molecular weight excluding hydrogens is 168 g/mol. The molecule has 62 valence electrons.